The van der Waals surface area contributed by atoms with E-state index in [0.717, 1.165) is 25.7 Å². The van der Waals surface area contributed by atoms with Crippen LogP contribution in [-0.4, -0.2) is 23.2 Å². The molecule has 0 aliphatic heterocycles. The fraction of sp³-hybridized carbons (Fsp3) is 0.583. The van der Waals surface area contributed by atoms with Gasteiger partial charge in [-0.05, 0) is 31.9 Å². The molecule has 4 heteroatoms. The van der Waals surface area contributed by atoms with Crippen molar-refractivity contribution in [3.8, 4) is 0 Å². The molecule has 2 atom stereocenters. The van der Waals surface area contributed by atoms with E-state index in [1.54, 1.807) is 19.1 Å². The molecule has 1 fully saturated rings. The standard InChI is InChI=1S/C12H17NO3/c1-8-6-7-11(16-8)12(15)13-9-4-2-3-5-10(9)14/h6-7,9-10,14H,2-5H2,1H3,(H,13,15). The predicted octanol–water partition coefficient (Wildman–Crippen LogP) is 1.62. The highest BCUT2D eigenvalue weighted by atomic mass is 16.3. The third kappa shape index (κ3) is 2.44. The summed E-state index contributed by atoms with van der Waals surface area (Å²) >= 11 is 0. The van der Waals surface area contributed by atoms with E-state index in [2.05, 4.69) is 5.32 Å². The Balaban J connectivity index is 1.96. The maximum absolute atomic E-state index is 11.8. The lowest BCUT2D eigenvalue weighted by Gasteiger charge is -2.27. The molecular weight excluding hydrogens is 206 g/mol. The van der Waals surface area contributed by atoms with Crippen LogP contribution in [0.15, 0.2) is 16.5 Å². The molecule has 1 aliphatic carbocycles. The average Bonchev–Trinajstić information content (AvgIpc) is 2.68. The molecule has 0 spiro atoms. The molecule has 0 aromatic carbocycles. The first-order valence-electron chi connectivity index (χ1n) is 5.72. The first-order chi connectivity index (χ1) is 7.66. The minimum absolute atomic E-state index is 0.133. The van der Waals surface area contributed by atoms with Crippen molar-refractivity contribution >= 4 is 5.91 Å². The van der Waals surface area contributed by atoms with E-state index in [9.17, 15) is 9.90 Å². The number of amides is 1. The second-order valence-electron chi connectivity index (χ2n) is 4.34. The van der Waals surface area contributed by atoms with E-state index >= 15 is 0 Å². The molecule has 2 unspecified atom stereocenters. The molecule has 88 valence electrons. The van der Waals surface area contributed by atoms with Crippen molar-refractivity contribution in [3.63, 3.8) is 0 Å². The summed E-state index contributed by atoms with van der Waals surface area (Å²) in [5, 5.41) is 12.5. The Morgan fingerprint density at radius 1 is 1.44 bits per heavy atom. The minimum Gasteiger partial charge on any atom is -0.456 e. The topological polar surface area (TPSA) is 62.5 Å². The Hall–Kier alpha value is -1.29. The summed E-state index contributed by atoms with van der Waals surface area (Å²) in [6.45, 7) is 1.80. The Labute approximate surface area is 94.6 Å². The summed E-state index contributed by atoms with van der Waals surface area (Å²) in [5.74, 6) is 0.795. The molecule has 1 saturated carbocycles. The van der Waals surface area contributed by atoms with Gasteiger partial charge in [0, 0.05) is 0 Å². The van der Waals surface area contributed by atoms with Gasteiger partial charge in [-0.1, -0.05) is 12.8 Å². The number of hydrogen-bond donors (Lipinski definition) is 2. The van der Waals surface area contributed by atoms with E-state index in [4.69, 9.17) is 4.42 Å². The first kappa shape index (κ1) is 11.2. The predicted molar refractivity (Wildman–Crippen MR) is 59.2 cm³/mol. The maximum Gasteiger partial charge on any atom is 0.287 e. The number of aliphatic hydroxyl groups excluding tert-OH is 1. The van der Waals surface area contributed by atoms with Crippen molar-refractivity contribution in [1.29, 1.82) is 0 Å². The van der Waals surface area contributed by atoms with E-state index in [1.807, 2.05) is 0 Å². The minimum atomic E-state index is -0.422. The number of carbonyl (C=O) groups is 1. The Bertz CT molecular complexity index is 372. The van der Waals surface area contributed by atoms with Crippen LogP contribution in [0.5, 0.6) is 0 Å². The highest BCUT2D eigenvalue weighted by Crippen LogP contribution is 2.19. The van der Waals surface area contributed by atoms with Gasteiger partial charge in [-0.15, -0.1) is 0 Å². The summed E-state index contributed by atoms with van der Waals surface area (Å²) in [4.78, 5) is 11.8. The van der Waals surface area contributed by atoms with Crippen molar-refractivity contribution in [2.24, 2.45) is 0 Å². The molecule has 4 nitrogen and oxygen atoms in total. The van der Waals surface area contributed by atoms with Gasteiger partial charge < -0.3 is 14.8 Å². The van der Waals surface area contributed by atoms with Crippen molar-refractivity contribution in [3.05, 3.63) is 23.7 Å². The third-order valence-corrected chi connectivity index (χ3v) is 3.01. The van der Waals surface area contributed by atoms with Crippen LogP contribution < -0.4 is 5.32 Å². The number of aliphatic hydroxyl groups is 1. The van der Waals surface area contributed by atoms with Crippen LogP contribution >= 0.6 is 0 Å². The molecule has 1 aromatic heterocycles. The van der Waals surface area contributed by atoms with Crippen LogP contribution in [0.25, 0.3) is 0 Å². The van der Waals surface area contributed by atoms with Crippen LogP contribution in [0.2, 0.25) is 0 Å². The average molecular weight is 223 g/mol. The Morgan fingerprint density at radius 2 is 2.19 bits per heavy atom. The molecule has 1 aliphatic rings. The smallest absolute Gasteiger partial charge is 0.287 e. The molecule has 1 heterocycles. The van der Waals surface area contributed by atoms with Gasteiger partial charge in [0.05, 0.1) is 12.1 Å². The van der Waals surface area contributed by atoms with Gasteiger partial charge in [-0.3, -0.25) is 4.79 Å². The van der Waals surface area contributed by atoms with Crippen molar-refractivity contribution < 1.29 is 14.3 Å². The van der Waals surface area contributed by atoms with E-state index in [0.29, 0.717) is 11.5 Å². The Kier molecular flexibility index (Phi) is 3.29. The molecule has 1 amide bonds. The lowest BCUT2D eigenvalue weighted by atomic mass is 9.92. The molecule has 16 heavy (non-hydrogen) atoms. The van der Waals surface area contributed by atoms with Gasteiger partial charge in [0.1, 0.15) is 5.76 Å². The largest absolute Gasteiger partial charge is 0.456 e. The van der Waals surface area contributed by atoms with Crippen molar-refractivity contribution in [2.45, 2.75) is 44.8 Å². The van der Waals surface area contributed by atoms with Gasteiger partial charge in [0.15, 0.2) is 5.76 Å². The van der Waals surface area contributed by atoms with Gasteiger partial charge in [-0.25, -0.2) is 0 Å². The maximum atomic E-state index is 11.8. The number of furan rings is 1. The molecule has 0 radical (unpaired) electrons. The fourth-order valence-electron chi connectivity index (χ4n) is 2.08. The fourth-order valence-corrected chi connectivity index (χ4v) is 2.08. The summed E-state index contributed by atoms with van der Waals surface area (Å²) < 4.78 is 5.23. The number of hydrogen-bond acceptors (Lipinski definition) is 3. The van der Waals surface area contributed by atoms with Crippen LogP contribution in [0, 0.1) is 6.92 Å². The third-order valence-electron chi connectivity index (χ3n) is 3.01. The monoisotopic (exact) mass is 223 g/mol. The van der Waals surface area contributed by atoms with E-state index < -0.39 is 6.10 Å². The second-order valence-corrected chi connectivity index (χ2v) is 4.34. The summed E-state index contributed by atoms with van der Waals surface area (Å²) in [7, 11) is 0. The molecule has 2 N–H and O–H groups in total. The molecular formula is C12H17NO3. The van der Waals surface area contributed by atoms with Crippen LogP contribution in [-0.2, 0) is 0 Å². The van der Waals surface area contributed by atoms with Gasteiger partial charge in [-0.2, -0.15) is 0 Å². The molecule has 0 saturated heterocycles. The molecule has 1 aromatic rings. The van der Waals surface area contributed by atoms with E-state index in [-0.39, 0.29) is 11.9 Å². The quantitative estimate of drug-likeness (QED) is 0.800. The molecule has 0 bridgehead atoms. The number of carbonyl (C=O) groups excluding carboxylic acids is 1. The lowest BCUT2D eigenvalue weighted by molar-refractivity contribution is 0.0697. The van der Waals surface area contributed by atoms with Crippen LogP contribution in [0.4, 0.5) is 0 Å². The number of nitrogens with one attached hydrogen (secondary N) is 1. The zero-order chi connectivity index (χ0) is 11.5. The lowest BCUT2D eigenvalue weighted by Crippen LogP contribution is -2.44. The highest BCUT2D eigenvalue weighted by molar-refractivity contribution is 5.91. The van der Waals surface area contributed by atoms with Gasteiger partial charge in [0.2, 0.25) is 0 Å². The highest BCUT2D eigenvalue weighted by Gasteiger charge is 2.25. The van der Waals surface area contributed by atoms with E-state index in [1.165, 1.54) is 0 Å². The van der Waals surface area contributed by atoms with Gasteiger partial charge in [0.25, 0.3) is 5.91 Å². The second kappa shape index (κ2) is 4.70. The van der Waals surface area contributed by atoms with Gasteiger partial charge >= 0.3 is 0 Å². The van der Waals surface area contributed by atoms with Crippen LogP contribution in [0.3, 0.4) is 0 Å². The number of aryl methyl sites for hydroxylation is 1. The summed E-state index contributed by atoms with van der Waals surface area (Å²) in [6, 6.07) is 3.28. The first-order valence-corrected chi connectivity index (χ1v) is 5.72. The summed E-state index contributed by atoms with van der Waals surface area (Å²) in [6.07, 6.45) is 3.27. The van der Waals surface area contributed by atoms with Crippen molar-refractivity contribution in [2.75, 3.05) is 0 Å². The van der Waals surface area contributed by atoms with Crippen molar-refractivity contribution in [1.82, 2.24) is 5.32 Å². The summed E-state index contributed by atoms with van der Waals surface area (Å²) in [5.41, 5.74) is 0. The SMILES string of the molecule is Cc1ccc(C(=O)NC2CCCCC2O)o1. The normalized spacial score (nSPS) is 25.4. The zero-order valence-electron chi connectivity index (χ0n) is 9.40. The molecule has 2 rings (SSSR count). The zero-order valence-corrected chi connectivity index (χ0v) is 9.40. The Morgan fingerprint density at radius 3 is 2.81 bits per heavy atom. The number of rotatable bonds is 2. The van der Waals surface area contributed by atoms with Crippen LogP contribution in [0.1, 0.15) is 42.0 Å².